The highest BCUT2D eigenvalue weighted by molar-refractivity contribution is 7.22. The number of para-hydroxylation sites is 2. The molecule has 0 fully saturated rings. The molecule has 0 amide bonds. The molecule has 4 nitrogen and oxygen atoms in total. The second kappa shape index (κ2) is 10.0. The second-order valence-electron chi connectivity index (χ2n) is 8.68. The first-order chi connectivity index (χ1) is 17.3. The van der Waals surface area contributed by atoms with Crippen molar-refractivity contribution in [3.05, 3.63) is 97.6 Å². The number of thiazole rings is 2. The average Bonchev–Trinajstić information content (AvgIpc) is 3.54. The van der Waals surface area contributed by atoms with Crippen LogP contribution < -0.4 is 9.13 Å². The Morgan fingerprint density at radius 1 is 0.514 bits per heavy atom. The van der Waals surface area contributed by atoms with E-state index >= 15 is 0 Å². The van der Waals surface area contributed by atoms with E-state index in [1.165, 1.54) is 39.8 Å². The van der Waals surface area contributed by atoms with Crippen molar-refractivity contribution in [3.63, 3.8) is 0 Å². The monoisotopic (exact) mass is 494 g/mol. The summed E-state index contributed by atoms with van der Waals surface area (Å²) in [7, 11) is 0. The molecule has 0 aliphatic rings. The highest BCUT2D eigenvalue weighted by Crippen LogP contribution is 2.30. The van der Waals surface area contributed by atoms with Gasteiger partial charge < -0.3 is 0 Å². The Morgan fingerprint density at radius 2 is 0.943 bits per heavy atom. The first kappa shape index (κ1) is 22.0. The summed E-state index contributed by atoms with van der Waals surface area (Å²) < 4.78 is 7.03. The van der Waals surface area contributed by atoms with E-state index in [1.54, 1.807) is 22.7 Å². The summed E-state index contributed by atoms with van der Waals surface area (Å²) in [4.78, 5) is 9.53. The van der Waals surface area contributed by atoms with Gasteiger partial charge >= 0.3 is 0 Å². The molecule has 6 aromatic rings. The number of hydrogen-bond donors (Lipinski definition) is 0. The molecule has 2 aromatic carbocycles. The van der Waals surface area contributed by atoms with Gasteiger partial charge in [0.25, 0.3) is 0 Å². The molecule has 0 aliphatic heterocycles. The molecule has 6 rings (SSSR count). The van der Waals surface area contributed by atoms with E-state index in [9.17, 15) is 0 Å². The van der Waals surface area contributed by atoms with Gasteiger partial charge in [0.1, 0.15) is 23.1 Å². The van der Waals surface area contributed by atoms with Crippen LogP contribution >= 0.6 is 22.7 Å². The molecule has 0 atom stereocenters. The van der Waals surface area contributed by atoms with E-state index in [0.29, 0.717) is 0 Å². The van der Waals surface area contributed by atoms with Crippen molar-refractivity contribution < 1.29 is 9.13 Å². The van der Waals surface area contributed by atoms with Crippen LogP contribution in [0.4, 0.5) is 0 Å². The molecule has 35 heavy (non-hydrogen) atoms. The minimum atomic E-state index is 1.04. The summed E-state index contributed by atoms with van der Waals surface area (Å²) in [6.07, 6.45) is 12.3. The molecule has 172 valence electrons. The lowest BCUT2D eigenvalue weighted by molar-refractivity contribution is -0.701. The normalized spacial score (nSPS) is 11.4. The van der Waals surface area contributed by atoms with Crippen LogP contribution in [0.1, 0.15) is 19.3 Å². The second-order valence-corrected chi connectivity index (χ2v) is 10.7. The number of nitrogens with zero attached hydrogens (tertiary/aromatic N) is 4. The van der Waals surface area contributed by atoms with Gasteiger partial charge in [-0.3, -0.25) is 0 Å². The van der Waals surface area contributed by atoms with E-state index in [1.807, 2.05) is 12.1 Å². The zero-order valence-corrected chi connectivity index (χ0v) is 21.0. The van der Waals surface area contributed by atoms with Crippen molar-refractivity contribution in [2.24, 2.45) is 0 Å². The van der Waals surface area contributed by atoms with Gasteiger partial charge in [0, 0.05) is 48.2 Å². The summed E-state index contributed by atoms with van der Waals surface area (Å²) >= 11 is 3.51. The van der Waals surface area contributed by atoms with Crippen molar-refractivity contribution in [3.8, 4) is 21.1 Å². The van der Waals surface area contributed by atoms with Crippen molar-refractivity contribution in [2.45, 2.75) is 32.4 Å². The summed E-state index contributed by atoms with van der Waals surface area (Å²) in [6, 6.07) is 25.4. The standard InChI is InChI=1S/C29H26N4S2/c1(6-16-32-18-12-22(13-19-32)28-30-24-8-2-4-10-26(24)34-28)7-17-33-20-14-23(15-21-33)29-31-25-9-3-5-11-27(25)35-29/h2-5,8-15,18-21H,1,6-7,16-17H2/q+2. The molecule has 0 saturated heterocycles. The summed E-state index contributed by atoms with van der Waals surface area (Å²) in [5.41, 5.74) is 4.53. The van der Waals surface area contributed by atoms with Crippen LogP contribution in [-0.4, -0.2) is 9.97 Å². The minimum Gasteiger partial charge on any atom is -0.236 e. The summed E-state index contributed by atoms with van der Waals surface area (Å²) in [5.74, 6) is 0. The number of aryl methyl sites for hydroxylation is 2. The van der Waals surface area contributed by atoms with Gasteiger partial charge in [0.15, 0.2) is 24.8 Å². The van der Waals surface area contributed by atoms with Crippen molar-refractivity contribution >= 4 is 43.1 Å². The maximum Gasteiger partial charge on any atom is 0.169 e. The van der Waals surface area contributed by atoms with Gasteiger partial charge in [-0.25, -0.2) is 19.1 Å². The maximum atomic E-state index is 4.76. The third-order valence-electron chi connectivity index (χ3n) is 6.20. The van der Waals surface area contributed by atoms with E-state index in [2.05, 4.69) is 94.6 Å². The molecular weight excluding hydrogens is 468 g/mol. The smallest absolute Gasteiger partial charge is 0.169 e. The van der Waals surface area contributed by atoms with Crippen LogP contribution in [0.5, 0.6) is 0 Å². The molecule has 0 saturated carbocycles. The van der Waals surface area contributed by atoms with Gasteiger partial charge in [-0.2, -0.15) is 0 Å². The van der Waals surface area contributed by atoms with Crippen LogP contribution in [0.15, 0.2) is 97.6 Å². The molecular formula is C29H26N4S2+2. The number of unbranched alkanes of at least 4 members (excludes halogenated alkanes) is 2. The predicted octanol–water partition coefficient (Wildman–Crippen LogP) is 6.69. The van der Waals surface area contributed by atoms with Gasteiger partial charge in [-0.05, 0) is 30.7 Å². The molecule has 0 unspecified atom stereocenters. The van der Waals surface area contributed by atoms with Crippen molar-refractivity contribution in [2.75, 3.05) is 0 Å². The average molecular weight is 495 g/mol. The largest absolute Gasteiger partial charge is 0.236 e. The number of benzene rings is 2. The maximum absolute atomic E-state index is 4.76. The number of pyridine rings is 2. The van der Waals surface area contributed by atoms with Crippen LogP contribution in [-0.2, 0) is 13.1 Å². The van der Waals surface area contributed by atoms with Gasteiger partial charge in [-0.1, -0.05) is 24.3 Å². The van der Waals surface area contributed by atoms with Gasteiger partial charge in [0.05, 0.1) is 20.4 Å². The molecule has 0 spiro atoms. The fourth-order valence-corrected chi connectivity index (χ4v) is 6.20. The van der Waals surface area contributed by atoms with Crippen LogP contribution in [0.3, 0.4) is 0 Å². The quantitative estimate of drug-likeness (QED) is 0.175. The highest BCUT2D eigenvalue weighted by atomic mass is 32.1. The lowest BCUT2D eigenvalue weighted by Gasteiger charge is -2.00. The van der Waals surface area contributed by atoms with Gasteiger partial charge in [-0.15, -0.1) is 22.7 Å². The highest BCUT2D eigenvalue weighted by Gasteiger charge is 2.10. The minimum absolute atomic E-state index is 1.04. The topological polar surface area (TPSA) is 33.5 Å². The Kier molecular flexibility index (Phi) is 6.30. The Balaban J connectivity index is 0.979. The Morgan fingerprint density at radius 3 is 1.37 bits per heavy atom. The van der Waals surface area contributed by atoms with Crippen LogP contribution in [0.25, 0.3) is 41.6 Å². The molecule has 0 aliphatic carbocycles. The summed E-state index contributed by atoms with van der Waals surface area (Å²) in [5, 5.41) is 2.18. The fourth-order valence-electron chi connectivity index (χ4n) is 4.25. The third kappa shape index (κ3) is 4.99. The third-order valence-corrected chi connectivity index (χ3v) is 8.37. The van der Waals surface area contributed by atoms with Crippen molar-refractivity contribution in [1.29, 1.82) is 0 Å². The van der Waals surface area contributed by atoms with Crippen LogP contribution in [0.2, 0.25) is 0 Å². The molecule has 4 aromatic heterocycles. The molecule has 4 heterocycles. The van der Waals surface area contributed by atoms with Gasteiger partial charge in [0.2, 0.25) is 0 Å². The summed E-state index contributed by atoms with van der Waals surface area (Å²) in [6.45, 7) is 2.09. The molecule has 6 heteroatoms. The Labute approximate surface area is 212 Å². The van der Waals surface area contributed by atoms with E-state index < -0.39 is 0 Å². The van der Waals surface area contributed by atoms with E-state index in [-0.39, 0.29) is 0 Å². The lowest BCUT2D eigenvalue weighted by atomic mass is 10.2. The number of rotatable bonds is 8. The van der Waals surface area contributed by atoms with Crippen LogP contribution in [0, 0.1) is 0 Å². The number of aromatic nitrogens is 4. The predicted molar refractivity (Wildman–Crippen MR) is 144 cm³/mol. The lowest BCUT2D eigenvalue weighted by Crippen LogP contribution is -2.34. The zero-order valence-electron chi connectivity index (χ0n) is 19.4. The zero-order chi connectivity index (χ0) is 23.5. The SMILES string of the molecule is c1ccc2sc(-c3cc[n+](CCCCC[n+]4ccc(-c5nc6ccccc6s5)cc4)cc3)nc2c1. The van der Waals surface area contributed by atoms with E-state index in [0.717, 1.165) is 34.1 Å². The molecule has 0 N–H and O–H groups in total. The fraction of sp³-hybridized carbons (Fsp3) is 0.172. The van der Waals surface area contributed by atoms with E-state index in [4.69, 9.17) is 9.97 Å². The van der Waals surface area contributed by atoms with Crippen molar-refractivity contribution in [1.82, 2.24) is 9.97 Å². The Hall–Kier alpha value is -3.48. The molecule has 0 radical (unpaired) electrons. The first-order valence-electron chi connectivity index (χ1n) is 12.0. The Bertz CT molecular complexity index is 1380. The number of fused-ring (bicyclic) bond motifs is 2. The first-order valence-corrected chi connectivity index (χ1v) is 13.7. The number of hydrogen-bond acceptors (Lipinski definition) is 4. The molecule has 0 bridgehead atoms.